The third-order valence-corrected chi connectivity index (χ3v) is 10.2. The highest BCUT2D eigenvalue weighted by atomic mass is 35.5. The van der Waals surface area contributed by atoms with Gasteiger partial charge in [-0.2, -0.15) is 15.7 Å². The Balaban J connectivity index is 1.32. The summed E-state index contributed by atoms with van der Waals surface area (Å²) >= 11 is 6.05. The number of aromatic nitrogens is 2. The summed E-state index contributed by atoms with van der Waals surface area (Å²) in [5.41, 5.74) is 2.81. The highest BCUT2D eigenvalue weighted by Crippen LogP contribution is 2.61. The van der Waals surface area contributed by atoms with Crippen molar-refractivity contribution in [2.24, 2.45) is 0 Å². The number of hydrogen-bond donors (Lipinski definition) is 2. The van der Waals surface area contributed by atoms with Gasteiger partial charge in [0.05, 0.1) is 54.1 Å². The van der Waals surface area contributed by atoms with Crippen molar-refractivity contribution in [3.63, 3.8) is 0 Å². The first-order chi connectivity index (χ1) is 19.2. The van der Waals surface area contributed by atoms with Crippen LogP contribution < -0.4 is 0 Å². The Morgan fingerprint density at radius 1 is 1.07 bits per heavy atom. The average Bonchev–Trinajstić information content (AvgIpc) is 3.58. The third-order valence-electron chi connectivity index (χ3n) is 8.20. The second-order valence-corrected chi connectivity index (χ2v) is 13.4. The van der Waals surface area contributed by atoms with Crippen LogP contribution in [0.15, 0.2) is 41.3 Å². The zero-order chi connectivity index (χ0) is 27.6. The van der Waals surface area contributed by atoms with E-state index in [0.717, 1.165) is 51.3 Å². The first-order valence-corrected chi connectivity index (χ1v) is 15.5. The summed E-state index contributed by atoms with van der Waals surface area (Å²) in [6.07, 6.45) is 1.82. The van der Waals surface area contributed by atoms with Crippen molar-refractivity contribution in [2.45, 2.75) is 35.6 Å². The summed E-state index contributed by atoms with van der Waals surface area (Å²) in [4.78, 5) is 17.7. The average molecular weight is 589 g/mol. The minimum atomic E-state index is -3.62. The molecule has 2 saturated heterocycles. The maximum absolute atomic E-state index is 15.3. The standard InChI is InChI=1S/C28H30ClFN4O5S/c29-22-6-5-20-25-21(16-40(36,37)26(20)23(22)30)24(27(35)33-11-14-39-28(17-33)7-8-28)31-34(25)19-3-1-18(2-4-19)15-32-9-12-38-13-10-32/h1-6,36-37H,7-17H2. The molecular weight excluding hydrogens is 559 g/mol. The minimum absolute atomic E-state index is 0.145. The van der Waals surface area contributed by atoms with E-state index in [4.69, 9.17) is 26.2 Å². The molecule has 0 bridgehead atoms. The SMILES string of the molecule is O=C(c1nn(-c2ccc(CN3CCOCC3)cc2)c2c1CS(O)(O)c1c-2ccc(Cl)c1F)N1CCOC2(CC2)C1. The van der Waals surface area contributed by atoms with E-state index in [1.165, 1.54) is 6.07 Å². The van der Waals surface area contributed by atoms with Gasteiger partial charge in [-0.05, 0) is 42.7 Å². The molecule has 0 radical (unpaired) electrons. The molecule has 3 aromatic rings. The number of nitrogens with zero attached hydrogens (tertiary/aromatic N) is 4. The lowest BCUT2D eigenvalue weighted by Gasteiger charge is -2.38. The molecule has 3 aliphatic heterocycles. The van der Waals surface area contributed by atoms with Crippen molar-refractivity contribution >= 4 is 28.1 Å². The smallest absolute Gasteiger partial charge is 0.274 e. The summed E-state index contributed by atoms with van der Waals surface area (Å²) in [7, 11) is -3.62. The number of ether oxygens (including phenoxy) is 2. The quantitative estimate of drug-likeness (QED) is 0.452. The van der Waals surface area contributed by atoms with Crippen molar-refractivity contribution < 1.29 is 27.8 Å². The van der Waals surface area contributed by atoms with Crippen LogP contribution in [-0.4, -0.2) is 86.2 Å². The third kappa shape index (κ3) is 4.53. The highest BCUT2D eigenvalue weighted by Gasteiger charge is 2.49. The Labute approximate surface area is 237 Å². The lowest BCUT2D eigenvalue weighted by atomic mass is 10.0. The van der Waals surface area contributed by atoms with Gasteiger partial charge in [-0.3, -0.25) is 18.8 Å². The predicted octanol–water partition coefficient (Wildman–Crippen LogP) is 4.79. The van der Waals surface area contributed by atoms with E-state index in [0.29, 0.717) is 36.6 Å². The van der Waals surface area contributed by atoms with E-state index in [-0.39, 0.29) is 38.4 Å². The van der Waals surface area contributed by atoms with E-state index in [9.17, 15) is 13.9 Å². The van der Waals surface area contributed by atoms with Gasteiger partial charge >= 0.3 is 0 Å². The zero-order valence-electron chi connectivity index (χ0n) is 21.8. The molecule has 1 amide bonds. The topological polar surface area (TPSA) is 100 Å². The van der Waals surface area contributed by atoms with E-state index in [1.807, 2.05) is 24.3 Å². The molecule has 1 aromatic heterocycles. The van der Waals surface area contributed by atoms with Crippen LogP contribution in [0, 0.1) is 5.82 Å². The van der Waals surface area contributed by atoms with E-state index < -0.39 is 16.4 Å². The summed E-state index contributed by atoms with van der Waals surface area (Å²) in [5, 5.41) is 4.57. The largest absolute Gasteiger partial charge is 0.379 e. The van der Waals surface area contributed by atoms with Crippen molar-refractivity contribution in [1.82, 2.24) is 19.6 Å². The van der Waals surface area contributed by atoms with Crippen LogP contribution in [0.5, 0.6) is 0 Å². The molecule has 1 spiro atoms. The maximum atomic E-state index is 15.3. The molecule has 2 N–H and O–H groups in total. The Bertz CT molecular complexity index is 1490. The molecule has 4 aliphatic rings. The van der Waals surface area contributed by atoms with Crippen LogP contribution in [-0.2, 0) is 21.8 Å². The van der Waals surface area contributed by atoms with Gasteiger partial charge in [-0.15, -0.1) is 0 Å². The molecule has 7 rings (SSSR count). The predicted molar refractivity (Wildman–Crippen MR) is 149 cm³/mol. The van der Waals surface area contributed by atoms with Crippen LogP contribution in [0.1, 0.15) is 34.5 Å². The van der Waals surface area contributed by atoms with Gasteiger partial charge < -0.3 is 14.4 Å². The van der Waals surface area contributed by atoms with Crippen LogP contribution in [0.25, 0.3) is 16.9 Å². The van der Waals surface area contributed by atoms with Gasteiger partial charge in [-0.1, -0.05) is 23.7 Å². The number of amides is 1. The highest BCUT2D eigenvalue weighted by molar-refractivity contribution is 8.23. The molecule has 0 unspecified atom stereocenters. The molecule has 212 valence electrons. The molecule has 4 heterocycles. The zero-order valence-corrected chi connectivity index (χ0v) is 23.4. The Morgan fingerprint density at radius 2 is 1.82 bits per heavy atom. The lowest BCUT2D eigenvalue weighted by molar-refractivity contribution is -0.0378. The van der Waals surface area contributed by atoms with Crippen molar-refractivity contribution in [3.8, 4) is 16.9 Å². The fraction of sp³-hybridized carbons (Fsp3) is 0.429. The van der Waals surface area contributed by atoms with Crippen LogP contribution in [0.3, 0.4) is 0 Å². The molecule has 2 aromatic carbocycles. The first-order valence-electron chi connectivity index (χ1n) is 13.4. The molecule has 1 aliphatic carbocycles. The molecular formula is C28H30ClFN4O5S. The number of halogens is 2. The molecule has 9 nitrogen and oxygen atoms in total. The molecule has 0 atom stereocenters. The van der Waals surface area contributed by atoms with E-state index in [2.05, 4.69) is 4.90 Å². The number of rotatable bonds is 4. The Hall–Kier alpha value is -2.51. The van der Waals surface area contributed by atoms with Gasteiger partial charge in [0, 0.05) is 37.3 Å². The monoisotopic (exact) mass is 588 g/mol. The minimum Gasteiger partial charge on any atom is -0.379 e. The molecule has 40 heavy (non-hydrogen) atoms. The number of benzene rings is 2. The van der Waals surface area contributed by atoms with Gasteiger partial charge in [0.1, 0.15) is 4.90 Å². The van der Waals surface area contributed by atoms with Gasteiger partial charge in [-0.25, -0.2) is 9.07 Å². The van der Waals surface area contributed by atoms with Crippen LogP contribution >= 0.6 is 22.2 Å². The summed E-state index contributed by atoms with van der Waals surface area (Å²) in [6, 6.07) is 10.8. The van der Waals surface area contributed by atoms with Gasteiger partial charge in [0.25, 0.3) is 5.91 Å². The molecule has 1 saturated carbocycles. The fourth-order valence-electron chi connectivity index (χ4n) is 5.90. The normalized spacial score (nSPS) is 22.1. The number of fused-ring (bicyclic) bond motifs is 3. The fourth-order valence-corrected chi connectivity index (χ4v) is 7.85. The van der Waals surface area contributed by atoms with Gasteiger partial charge in [0.15, 0.2) is 11.5 Å². The summed E-state index contributed by atoms with van der Waals surface area (Å²) < 4.78 is 50.4. The summed E-state index contributed by atoms with van der Waals surface area (Å²) in [5.74, 6) is -1.48. The first kappa shape index (κ1) is 26.4. The molecule has 12 heteroatoms. The van der Waals surface area contributed by atoms with E-state index in [1.54, 1.807) is 15.6 Å². The van der Waals surface area contributed by atoms with E-state index >= 15 is 4.39 Å². The van der Waals surface area contributed by atoms with Crippen molar-refractivity contribution in [1.29, 1.82) is 0 Å². The van der Waals surface area contributed by atoms with Crippen LogP contribution in [0.2, 0.25) is 5.02 Å². The van der Waals surface area contributed by atoms with Crippen molar-refractivity contribution in [3.05, 3.63) is 64.1 Å². The number of hydrogen-bond acceptors (Lipinski definition) is 7. The summed E-state index contributed by atoms with van der Waals surface area (Å²) in [6.45, 7) is 5.32. The Kier molecular flexibility index (Phi) is 6.46. The number of morpholine rings is 2. The van der Waals surface area contributed by atoms with Gasteiger partial charge in [0.2, 0.25) is 0 Å². The second kappa shape index (κ2) is 9.80. The maximum Gasteiger partial charge on any atom is 0.274 e. The number of carbonyl (C=O) groups is 1. The molecule has 3 fully saturated rings. The second-order valence-electron chi connectivity index (χ2n) is 10.9. The Morgan fingerprint density at radius 3 is 2.55 bits per heavy atom. The lowest BCUT2D eigenvalue weighted by Crippen LogP contribution is -2.47. The van der Waals surface area contributed by atoms with Crippen LogP contribution in [0.4, 0.5) is 4.39 Å². The van der Waals surface area contributed by atoms with Crippen molar-refractivity contribution in [2.75, 3.05) is 46.0 Å². The number of carbonyl (C=O) groups excluding carboxylic acids is 1.